The summed E-state index contributed by atoms with van der Waals surface area (Å²) in [5, 5.41) is 3.74. The van der Waals surface area contributed by atoms with Crippen LogP contribution >= 0.6 is 22.9 Å². The van der Waals surface area contributed by atoms with Crippen molar-refractivity contribution < 1.29 is 0 Å². The van der Waals surface area contributed by atoms with Crippen LogP contribution in [0.15, 0.2) is 5.38 Å². The van der Waals surface area contributed by atoms with E-state index in [1.807, 2.05) is 0 Å². The molecule has 1 aliphatic rings. The zero-order valence-electron chi connectivity index (χ0n) is 8.72. The highest BCUT2D eigenvalue weighted by molar-refractivity contribution is 7.09. The number of aromatic nitrogens is 1. The molecule has 1 aromatic rings. The molecule has 14 heavy (non-hydrogen) atoms. The van der Waals surface area contributed by atoms with Gasteiger partial charge in [-0.2, -0.15) is 0 Å². The van der Waals surface area contributed by atoms with Gasteiger partial charge in [0.25, 0.3) is 0 Å². The van der Waals surface area contributed by atoms with E-state index in [1.54, 1.807) is 11.3 Å². The number of aryl methyl sites for hydroxylation is 1. The number of rotatable bonds is 2. The summed E-state index contributed by atoms with van der Waals surface area (Å²) in [6, 6.07) is 0. The molecule has 78 valence electrons. The monoisotopic (exact) mass is 229 g/mol. The lowest BCUT2D eigenvalue weighted by molar-refractivity contribution is 0.332. The summed E-state index contributed by atoms with van der Waals surface area (Å²) in [5.74, 6) is 0. The molecule has 0 aromatic carbocycles. The Bertz CT molecular complexity index is 323. The summed E-state index contributed by atoms with van der Waals surface area (Å²) < 4.78 is 0. The Morgan fingerprint density at radius 1 is 1.71 bits per heavy atom. The largest absolute Gasteiger partial charge is 0.247 e. The molecule has 0 spiro atoms. The highest BCUT2D eigenvalue weighted by Crippen LogP contribution is 2.42. The first-order chi connectivity index (χ1) is 6.57. The average Bonchev–Trinajstić information content (AvgIpc) is 2.60. The highest BCUT2D eigenvalue weighted by atomic mass is 35.5. The normalized spacial score (nSPS) is 32.4. The van der Waals surface area contributed by atoms with Crippen LogP contribution < -0.4 is 0 Å². The minimum atomic E-state index is 0.389. The summed E-state index contributed by atoms with van der Waals surface area (Å²) in [4.78, 5) is 4.52. The number of hydrogen-bond acceptors (Lipinski definition) is 2. The van der Waals surface area contributed by atoms with Crippen molar-refractivity contribution in [1.29, 1.82) is 0 Å². The molecule has 2 rings (SSSR count). The first-order valence-corrected chi connectivity index (χ1v) is 6.44. The first-order valence-electron chi connectivity index (χ1n) is 5.12. The van der Waals surface area contributed by atoms with Crippen LogP contribution in [-0.4, -0.2) is 10.4 Å². The van der Waals surface area contributed by atoms with Gasteiger partial charge in [-0.3, -0.25) is 0 Å². The molecule has 1 aliphatic carbocycles. The van der Waals surface area contributed by atoms with E-state index < -0.39 is 0 Å². The van der Waals surface area contributed by atoms with Crippen LogP contribution in [0.4, 0.5) is 0 Å². The summed E-state index contributed by atoms with van der Waals surface area (Å²) in [7, 11) is 0. The number of alkyl halides is 1. The SMILES string of the molecule is Cc1nc(CC2(C)CCC(Cl)C2)cs1. The molecule has 0 aliphatic heterocycles. The minimum absolute atomic E-state index is 0.389. The Kier molecular flexibility index (Phi) is 2.85. The fourth-order valence-corrected chi connectivity index (χ4v) is 3.43. The zero-order valence-corrected chi connectivity index (χ0v) is 10.3. The predicted molar refractivity (Wildman–Crippen MR) is 62.2 cm³/mol. The van der Waals surface area contributed by atoms with Crippen LogP contribution in [0.25, 0.3) is 0 Å². The van der Waals surface area contributed by atoms with E-state index >= 15 is 0 Å². The van der Waals surface area contributed by atoms with Crippen molar-refractivity contribution in [2.75, 3.05) is 0 Å². The third-order valence-corrected chi connectivity index (χ3v) is 4.24. The maximum atomic E-state index is 6.15. The fourth-order valence-electron chi connectivity index (χ4n) is 2.33. The Balaban J connectivity index is 2.03. The molecule has 1 nitrogen and oxygen atoms in total. The van der Waals surface area contributed by atoms with E-state index in [0.29, 0.717) is 10.8 Å². The minimum Gasteiger partial charge on any atom is -0.247 e. The number of halogens is 1. The lowest BCUT2D eigenvalue weighted by Gasteiger charge is -2.22. The van der Waals surface area contributed by atoms with Gasteiger partial charge in [-0.25, -0.2) is 4.98 Å². The van der Waals surface area contributed by atoms with Gasteiger partial charge in [0.1, 0.15) is 0 Å². The van der Waals surface area contributed by atoms with Crippen molar-refractivity contribution in [1.82, 2.24) is 4.98 Å². The van der Waals surface area contributed by atoms with E-state index in [4.69, 9.17) is 11.6 Å². The third-order valence-electron chi connectivity index (χ3n) is 3.05. The fraction of sp³-hybridized carbons (Fsp3) is 0.727. The molecule has 0 N–H and O–H groups in total. The van der Waals surface area contributed by atoms with Crippen LogP contribution in [0, 0.1) is 12.3 Å². The summed E-state index contributed by atoms with van der Waals surface area (Å²) in [6.07, 6.45) is 4.66. The van der Waals surface area contributed by atoms with Gasteiger partial charge >= 0.3 is 0 Å². The van der Waals surface area contributed by atoms with Gasteiger partial charge in [0.15, 0.2) is 0 Å². The van der Waals surface area contributed by atoms with Gasteiger partial charge in [-0.05, 0) is 38.0 Å². The number of nitrogens with zero attached hydrogens (tertiary/aromatic N) is 1. The molecular weight excluding hydrogens is 214 g/mol. The number of hydrogen-bond donors (Lipinski definition) is 0. The Morgan fingerprint density at radius 3 is 3.00 bits per heavy atom. The highest BCUT2D eigenvalue weighted by Gasteiger charge is 2.34. The molecule has 0 saturated heterocycles. The van der Waals surface area contributed by atoms with Gasteiger partial charge < -0.3 is 0 Å². The summed E-state index contributed by atoms with van der Waals surface area (Å²) in [5.41, 5.74) is 1.65. The van der Waals surface area contributed by atoms with Crippen molar-refractivity contribution in [3.63, 3.8) is 0 Å². The quantitative estimate of drug-likeness (QED) is 0.704. The zero-order chi connectivity index (χ0) is 10.2. The average molecular weight is 230 g/mol. The second kappa shape index (κ2) is 3.82. The molecule has 1 heterocycles. The van der Waals surface area contributed by atoms with Crippen LogP contribution in [0.1, 0.15) is 36.9 Å². The predicted octanol–water partition coefficient (Wildman–Crippen LogP) is 3.79. The Labute approximate surface area is 94.5 Å². The second-order valence-corrected chi connectivity index (χ2v) is 6.36. The van der Waals surface area contributed by atoms with E-state index in [0.717, 1.165) is 12.8 Å². The van der Waals surface area contributed by atoms with Gasteiger partial charge in [-0.15, -0.1) is 22.9 Å². The Morgan fingerprint density at radius 2 is 2.50 bits per heavy atom. The molecular formula is C11H16ClNS. The topological polar surface area (TPSA) is 12.9 Å². The van der Waals surface area contributed by atoms with E-state index in [9.17, 15) is 0 Å². The molecule has 0 radical (unpaired) electrons. The molecule has 1 aromatic heterocycles. The van der Waals surface area contributed by atoms with Crippen molar-refractivity contribution >= 4 is 22.9 Å². The lowest BCUT2D eigenvalue weighted by atomic mass is 9.84. The molecule has 0 amide bonds. The molecule has 3 heteroatoms. The van der Waals surface area contributed by atoms with Gasteiger partial charge in [0.05, 0.1) is 10.7 Å². The smallest absolute Gasteiger partial charge is 0.0897 e. The van der Waals surface area contributed by atoms with Gasteiger partial charge in [-0.1, -0.05) is 6.92 Å². The Hall–Kier alpha value is -0.0800. The molecule has 1 fully saturated rings. The third kappa shape index (κ3) is 2.29. The van der Waals surface area contributed by atoms with Gasteiger partial charge in [0.2, 0.25) is 0 Å². The maximum absolute atomic E-state index is 6.15. The van der Waals surface area contributed by atoms with Crippen molar-refractivity contribution in [2.45, 2.75) is 44.9 Å². The van der Waals surface area contributed by atoms with E-state index in [-0.39, 0.29) is 0 Å². The van der Waals surface area contributed by atoms with Crippen LogP contribution in [0.5, 0.6) is 0 Å². The van der Waals surface area contributed by atoms with E-state index in [2.05, 4.69) is 24.2 Å². The van der Waals surface area contributed by atoms with Crippen LogP contribution in [-0.2, 0) is 6.42 Å². The summed E-state index contributed by atoms with van der Waals surface area (Å²) >= 11 is 7.89. The molecule has 2 atom stereocenters. The van der Waals surface area contributed by atoms with E-state index in [1.165, 1.54) is 23.5 Å². The molecule has 1 saturated carbocycles. The standard InChI is InChI=1S/C11H16ClNS/c1-8-13-10(7-14-8)6-11(2)4-3-9(12)5-11/h7,9H,3-6H2,1-2H3. The molecule has 0 bridgehead atoms. The van der Waals surface area contributed by atoms with Crippen LogP contribution in [0.2, 0.25) is 0 Å². The molecule has 2 unspecified atom stereocenters. The lowest BCUT2D eigenvalue weighted by Crippen LogP contribution is -2.15. The van der Waals surface area contributed by atoms with Gasteiger partial charge in [0, 0.05) is 10.8 Å². The number of thiazole rings is 1. The van der Waals surface area contributed by atoms with Crippen molar-refractivity contribution in [2.24, 2.45) is 5.41 Å². The van der Waals surface area contributed by atoms with Crippen molar-refractivity contribution in [3.8, 4) is 0 Å². The summed E-state index contributed by atoms with van der Waals surface area (Å²) in [6.45, 7) is 4.40. The second-order valence-electron chi connectivity index (χ2n) is 4.69. The first kappa shape index (κ1) is 10.4. The van der Waals surface area contributed by atoms with Crippen molar-refractivity contribution in [3.05, 3.63) is 16.1 Å². The van der Waals surface area contributed by atoms with Crippen LogP contribution in [0.3, 0.4) is 0 Å². The maximum Gasteiger partial charge on any atom is 0.0897 e.